The van der Waals surface area contributed by atoms with Gasteiger partial charge in [0.2, 0.25) is 5.15 Å². The molecule has 0 radical (unpaired) electrons. The Morgan fingerprint density at radius 2 is 1.95 bits per heavy atom. The van der Waals surface area contributed by atoms with Crippen LogP contribution in [-0.4, -0.2) is 14.9 Å². The van der Waals surface area contributed by atoms with E-state index in [9.17, 15) is 18.9 Å². The van der Waals surface area contributed by atoms with Crippen LogP contribution >= 0.6 is 11.6 Å². The van der Waals surface area contributed by atoms with E-state index in [0.29, 0.717) is 0 Å². The molecule has 0 bridgehead atoms. The van der Waals surface area contributed by atoms with E-state index in [2.05, 4.69) is 9.97 Å². The Morgan fingerprint density at radius 3 is 2.58 bits per heavy atom. The Morgan fingerprint density at radius 1 is 1.26 bits per heavy atom. The van der Waals surface area contributed by atoms with Gasteiger partial charge in [0.05, 0.1) is 4.92 Å². The van der Waals surface area contributed by atoms with Gasteiger partial charge in [-0.3, -0.25) is 10.1 Å². The quantitative estimate of drug-likeness (QED) is 0.482. The van der Waals surface area contributed by atoms with E-state index in [-0.39, 0.29) is 16.8 Å². The Labute approximate surface area is 111 Å². The van der Waals surface area contributed by atoms with Gasteiger partial charge < -0.3 is 0 Å². The lowest BCUT2D eigenvalue weighted by atomic mass is 10.1. The maximum atomic E-state index is 13.8. The van der Waals surface area contributed by atoms with E-state index in [1.54, 1.807) is 0 Å². The fourth-order valence-corrected chi connectivity index (χ4v) is 1.75. The van der Waals surface area contributed by atoms with E-state index in [0.717, 1.165) is 6.33 Å². The number of benzene rings is 1. The molecule has 1 aromatic heterocycles. The smallest absolute Gasteiger partial charge is 0.258 e. The molecule has 0 atom stereocenters. The molecule has 0 unspecified atom stereocenters. The number of rotatable bonds is 2. The molecule has 2 rings (SSSR count). The van der Waals surface area contributed by atoms with Crippen LogP contribution in [0.15, 0.2) is 18.5 Å². The van der Waals surface area contributed by atoms with Crippen molar-refractivity contribution < 1.29 is 13.7 Å². The summed E-state index contributed by atoms with van der Waals surface area (Å²) in [5, 5.41) is 10.5. The first-order valence-electron chi connectivity index (χ1n) is 5.03. The first-order valence-corrected chi connectivity index (χ1v) is 5.41. The summed E-state index contributed by atoms with van der Waals surface area (Å²) < 4.78 is 27.3. The summed E-state index contributed by atoms with van der Waals surface area (Å²) in [5.41, 5.74) is -1.27. The fourth-order valence-electron chi connectivity index (χ4n) is 1.55. The molecule has 0 amide bonds. The zero-order chi connectivity index (χ0) is 14.2. The summed E-state index contributed by atoms with van der Waals surface area (Å²) >= 11 is 5.59. The molecule has 1 heterocycles. The third kappa shape index (κ3) is 2.24. The van der Waals surface area contributed by atoms with Gasteiger partial charge in [0, 0.05) is 5.56 Å². The molecule has 0 saturated heterocycles. The fraction of sp³-hybridized carbons (Fsp3) is 0.0909. The minimum Gasteiger partial charge on any atom is -0.258 e. The molecule has 0 aliphatic carbocycles. The van der Waals surface area contributed by atoms with Crippen LogP contribution < -0.4 is 0 Å². The number of nitrogens with zero attached hydrogens (tertiary/aromatic N) is 3. The van der Waals surface area contributed by atoms with Gasteiger partial charge in [-0.2, -0.15) is 0 Å². The number of nitro groups is 1. The molecule has 0 saturated carbocycles. The molecule has 0 fully saturated rings. The largest absolute Gasteiger partial charge is 0.332 e. The van der Waals surface area contributed by atoms with Crippen molar-refractivity contribution in [2.75, 3.05) is 0 Å². The second-order valence-electron chi connectivity index (χ2n) is 3.68. The van der Waals surface area contributed by atoms with Gasteiger partial charge in [0.1, 0.15) is 6.33 Å². The van der Waals surface area contributed by atoms with Crippen LogP contribution in [0, 0.1) is 28.7 Å². The summed E-state index contributed by atoms with van der Waals surface area (Å²) in [5.74, 6) is -2.29. The number of hydrogen-bond acceptors (Lipinski definition) is 4. The van der Waals surface area contributed by atoms with E-state index >= 15 is 0 Å². The van der Waals surface area contributed by atoms with Gasteiger partial charge in [0.25, 0.3) is 0 Å². The number of hydrogen-bond donors (Lipinski definition) is 0. The molecular weight excluding hydrogens is 280 g/mol. The lowest BCUT2D eigenvalue weighted by Gasteiger charge is -2.06. The molecule has 2 aromatic rings. The Kier molecular flexibility index (Phi) is 3.39. The van der Waals surface area contributed by atoms with E-state index in [4.69, 9.17) is 11.6 Å². The van der Waals surface area contributed by atoms with Crippen LogP contribution in [-0.2, 0) is 0 Å². The van der Waals surface area contributed by atoms with Crippen molar-refractivity contribution in [3.05, 3.63) is 50.9 Å². The standard InChI is InChI=1S/C11H6ClF2N3O2/c1-5-2-3-6(8(14)7(5)13)9-10(17(18)19)11(12)16-4-15-9/h2-4H,1H3. The summed E-state index contributed by atoms with van der Waals surface area (Å²) in [7, 11) is 0. The first-order chi connectivity index (χ1) is 8.93. The monoisotopic (exact) mass is 285 g/mol. The minimum absolute atomic E-state index is 0.0871. The van der Waals surface area contributed by atoms with Crippen molar-refractivity contribution in [2.45, 2.75) is 6.92 Å². The third-order valence-electron chi connectivity index (χ3n) is 2.49. The highest BCUT2D eigenvalue weighted by Gasteiger charge is 2.26. The molecule has 0 N–H and O–H groups in total. The topological polar surface area (TPSA) is 68.9 Å². The molecule has 98 valence electrons. The van der Waals surface area contributed by atoms with Crippen LogP contribution in [0.1, 0.15) is 5.56 Å². The Balaban J connectivity index is 2.77. The molecule has 0 aliphatic heterocycles. The highest BCUT2D eigenvalue weighted by molar-refractivity contribution is 6.31. The molecule has 1 aromatic carbocycles. The summed E-state index contributed by atoms with van der Waals surface area (Å²) in [6, 6.07) is 2.51. The Bertz CT molecular complexity index is 679. The normalized spacial score (nSPS) is 10.5. The van der Waals surface area contributed by atoms with Crippen LogP contribution in [0.3, 0.4) is 0 Å². The average molecular weight is 286 g/mol. The zero-order valence-corrected chi connectivity index (χ0v) is 10.3. The predicted molar refractivity (Wildman–Crippen MR) is 63.8 cm³/mol. The van der Waals surface area contributed by atoms with Crippen LogP contribution in [0.4, 0.5) is 14.5 Å². The highest BCUT2D eigenvalue weighted by Crippen LogP contribution is 2.34. The van der Waals surface area contributed by atoms with E-state index in [1.165, 1.54) is 19.1 Å². The third-order valence-corrected chi connectivity index (χ3v) is 2.77. The van der Waals surface area contributed by atoms with Crippen molar-refractivity contribution >= 4 is 17.3 Å². The number of aryl methyl sites for hydroxylation is 1. The van der Waals surface area contributed by atoms with Crippen molar-refractivity contribution in [3.63, 3.8) is 0 Å². The Hall–Kier alpha value is -2.15. The second kappa shape index (κ2) is 4.85. The van der Waals surface area contributed by atoms with Gasteiger partial charge in [-0.25, -0.2) is 18.7 Å². The van der Waals surface area contributed by atoms with Gasteiger partial charge in [-0.05, 0) is 18.6 Å². The maximum absolute atomic E-state index is 13.8. The predicted octanol–water partition coefficient (Wildman–Crippen LogP) is 3.29. The molecule has 0 spiro atoms. The van der Waals surface area contributed by atoms with Gasteiger partial charge in [0.15, 0.2) is 17.3 Å². The molecule has 19 heavy (non-hydrogen) atoms. The first kappa shape index (κ1) is 13.3. The SMILES string of the molecule is Cc1ccc(-c2ncnc(Cl)c2[N+](=O)[O-])c(F)c1F. The molecule has 8 heteroatoms. The van der Waals surface area contributed by atoms with Crippen molar-refractivity contribution in [3.8, 4) is 11.3 Å². The summed E-state index contributed by atoms with van der Waals surface area (Å²) in [6.45, 7) is 1.38. The molecule has 5 nitrogen and oxygen atoms in total. The van der Waals surface area contributed by atoms with Gasteiger partial charge >= 0.3 is 5.69 Å². The second-order valence-corrected chi connectivity index (χ2v) is 4.03. The van der Waals surface area contributed by atoms with Gasteiger partial charge in [-0.1, -0.05) is 17.7 Å². The minimum atomic E-state index is -1.21. The summed E-state index contributed by atoms with van der Waals surface area (Å²) in [4.78, 5) is 17.1. The zero-order valence-electron chi connectivity index (χ0n) is 9.52. The van der Waals surface area contributed by atoms with Crippen LogP contribution in [0.5, 0.6) is 0 Å². The number of aromatic nitrogens is 2. The van der Waals surface area contributed by atoms with E-state index < -0.39 is 27.4 Å². The van der Waals surface area contributed by atoms with E-state index in [1.807, 2.05) is 0 Å². The molecule has 0 aliphatic rings. The average Bonchev–Trinajstić information content (AvgIpc) is 2.35. The highest BCUT2D eigenvalue weighted by atomic mass is 35.5. The van der Waals surface area contributed by atoms with Crippen LogP contribution in [0.25, 0.3) is 11.3 Å². The van der Waals surface area contributed by atoms with Crippen LogP contribution in [0.2, 0.25) is 5.15 Å². The number of halogens is 3. The lowest BCUT2D eigenvalue weighted by molar-refractivity contribution is -0.384. The maximum Gasteiger partial charge on any atom is 0.332 e. The van der Waals surface area contributed by atoms with Crippen molar-refractivity contribution in [1.82, 2.24) is 9.97 Å². The van der Waals surface area contributed by atoms with Gasteiger partial charge in [-0.15, -0.1) is 0 Å². The van der Waals surface area contributed by atoms with Crippen molar-refractivity contribution in [1.29, 1.82) is 0 Å². The van der Waals surface area contributed by atoms with Crippen molar-refractivity contribution in [2.24, 2.45) is 0 Å². The molecular formula is C11H6ClF2N3O2. The summed E-state index contributed by atoms with van der Waals surface area (Å²) in [6.07, 6.45) is 0.946. The lowest BCUT2D eigenvalue weighted by Crippen LogP contribution is -2.01.